The van der Waals surface area contributed by atoms with Gasteiger partial charge in [-0.1, -0.05) is 24.3 Å². The molecule has 0 saturated carbocycles. The third-order valence-corrected chi connectivity index (χ3v) is 6.01. The molecular formula is C28H27FN4O4. The van der Waals surface area contributed by atoms with E-state index in [4.69, 9.17) is 4.99 Å². The molecule has 0 aromatic heterocycles. The third kappa shape index (κ3) is 5.90. The van der Waals surface area contributed by atoms with Gasteiger partial charge in [0.15, 0.2) is 0 Å². The van der Waals surface area contributed by atoms with E-state index in [-0.39, 0.29) is 24.8 Å². The number of benzene rings is 3. The van der Waals surface area contributed by atoms with Crippen molar-refractivity contribution >= 4 is 40.6 Å². The predicted octanol–water partition coefficient (Wildman–Crippen LogP) is 3.83. The Hall–Kier alpha value is -4.37. The van der Waals surface area contributed by atoms with Crippen LogP contribution >= 0.6 is 0 Å². The van der Waals surface area contributed by atoms with Gasteiger partial charge in [0.05, 0.1) is 24.4 Å². The lowest BCUT2D eigenvalue weighted by Gasteiger charge is -2.20. The number of halogens is 1. The number of likely N-dealkylation sites (N-methyl/N-ethyl adjacent to an activating group) is 2. The number of carboxylic acid groups (broad SMARTS) is 1. The van der Waals surface area contributed by atoms with Crippen LogP contribution in [0.5, 0.6) is 0 Å². The van der Waals surface area contributed by atoms with Crippen LogP contribution in [0.15, 0.2) is 71.7 Å². The number of nitrogens with one attached hydrogen (secondary N) is 1. The van der Waals surface area contributed by atoms with Crippen LogP contribution in [0.3, 0.4) is 0 Å². The highest BCUT2D eigenvalue weighted by atomic mass is 19.1. The first kappa shape index (κ1) is 25.7. The summed E-state index contributed by atoms with van der Waals surface area (Å²) in [5.41, 5.74) is 3.74. The molecule has 190 valence electrons. The summed E-state index contributed by atoms with van der Waals surface area (Å²) in [4.78, 5) is 44.9. The van der Waals surface area contributed by atoms with Crippen molar-refractivity contribution in [1.82, 2.24) is 4.90 Å². The highest BCUT2D eigenvalue weighted by Gasteiger charge is 2.35. The number of amides is 2. The van der Waals surface area contributed by atoms with Gasteiger partial charge < -0.3 is 20.2 Å². The summed E-state index contributed by atoms with van der Waals surface area (Å²) in [5, 5.41) is 12.0. The van der Waals surface area contributed by atoms with Crippen molar-refractivity contribution in [3.8, 4) is 0 Å². The summed E-state index contributed by atoms with van der Waals surface area (Å²) in [5.74, 6) is -2.68. The highest BCUT2D eigenvalue weighted by molar-refractivity contribution is 6.24. The largest absolute Gasteiger partial charge is 0.481 e. The topological polar surface area (TPSA) is 102 Å². The van der Waals surface area contributed by atoms with E-state index in [9.17, 15) is 23.9 Å². The van der Waals surface area contributed by atoms with E-state index in [0.717, 1.165) is 0 Å². The Bertz CT molecular complexity index is 1390. The van der Waals surface area contributed by atoms with E-state index >= 15 is 0 Å². The minimum atomic E-state index is -0.974. The molecule has 1 aliphatic heterocycles. The normalized spacial score (nSPS) is 14.9. The number of nitrogens with zero attached hydrogens (tertiary/aromatic N) is 3. The summed E-state index contributed by atoms with van der Waals surface area (Å²) < 4.78 is 13.8. The monoisotopic (exact) mass is 502 g/mol. The minimum absolute atomic E-state index is 0.0661. The molecular weight excluding hydrogens is 475 g/mol. The second-order valence-corrected chi connectivity index (χ2v) is 9.13. The zero-order chi connectivity index (χ0) is 26.7. The van der Waals surface area contributed by atoms with Crippen molar-refractivity contribution in [2.24, 2.45) is 4.99 Å². The molecule has 3 aromatic carbocycles. The lowest BCUT2D eigenvalue weighted by atomic mass is 9.89. The van der Waals surface area contributed by atoms with E-state index in [1.165, 1.54) is 12.1 Å². The number of hydrogen-bond acceptors (Lipinski definition) is 5. The lowest BCUT2D eigenvalue weighted by molar-refractivity contribution is -0.136. The van der Waals surface area contributed by atoms with Gasteiger partial charge >= 0.3 is 5.97 Å². The number of aliphatic carboxylic acids is 1. The fraction of sp³-hybridized carbons (Fsp3) is 0.214. The van der Waals surface area contributed by atoms with Gasteiger partial charge in [0.1, 0.15) is 11.7 Å². The zero-order valence-electron chi connectivity index (χ0n) is 20.7. The summed E-state index contributed by atoms with van der Waals surface area (Å²) >= 11 is 0. The highest BCUT2D eigenvalue weighted by Crippen LogP contribution is 2.37. The molecule has 2 amide bonds. The number of hydrogen-bond donors (Lipinski definition) is 2. The maximum atomic E-state index is 13.8. The fourth-order valence-corrected chi connectivity index (χ4v) is 4.23. The van der Waals surface area contributed by atoms with Gasteiger partial charge in [0.25, 0.3) is 0 Å². The Balaban J connectivity index is 1.76. The molecule has 1 heterocycles. The Morgan fingerprint density at radius 2 is 1.76 bits per heavy atom. The first-order valence-corrected chi connectivity index (χ1v) is 11.6. The molecule has 0 aliphatic carbocycles. The molecule has 1 unspecified atom stereocenters. The standard InChI is InChI=1S/C28H27FN4O4/c1-32(2)16-24(34)33(3)21-10-8-20(9-11-21)30-27(18-6-4-5-17(13-18)14-25(35)36)26-22-12-7-19(29)15-23(22)31-28(26)37/h4-13,15,26H,14,16H2,1-3H3,(H,31,37)(H,35,36). The van der Waals surface area contributed by atoms with Gasteiger partial charge in [0, 0.05) is 18.4 Å². The van der Waals surface area contributed by atoms with E-state index < -0.39 is 17.7 Å². The van der Waals surface area contributed by atoms with Crippen LogP contribution < -0.4 is 10.2 Å². The number of carboxylic acids is 1. The van der Waals surface area contributed by atoms with Crippen molar-refractivity contribution < 1.29 is 23.9 Å². The smallest absolute Gasteiger partial charge is 0.307 e. The van der Waals surface area contributed by atoms with Gasteiger partial charge in [0.2, 0.25) is 11.8 Å². The quantitative estimate of drug-likeness (QED) is 0.456. The zero-order valence-corrected chi connectivity index (χ0v) is 20.7. The molecule has 1 aliphatic rings. The Morgan fingerprint density at radius 1 is 1.03 bits per heavy atom. The summed E-state index contributed by atoms with van der Waals surface area (Å²) in [7, 11) is 5.34. The van der Waals surface area contributed by atoms with Crippen molar-refractivity contribution in [3.05, 3.63) is 89.2 Å². The number of aliphatic imine (C=N–C) groups is 1. The van der Waals surface area contributed by atoms with E-state index in [1.54, 1.807) is 71.4 Å². The molecule has 0 radical (unpaired) electrons. The maximum Gasteiger partial charge on any atom is 0.307 e. The lowest BCUT2D eigenvalue weighted by Crippen LogP contribution is -2.34. The van der Waals surface area contributed by atoms with Gasteiger partial charge in [-0.05, 0) is 73.3 Å². The molecule has 0 bridgehead atoms. The van der Waals surface area contributed by atoms with Crippen molar-refractivity contribution in [3.63, 3.8) is 0 Å². The Morgan fingerprint density at radius 3 is 2.43 bits per heavy atom. The first-order valence-electron chi connectivity index (χ1n) is 11.6. The summed E-state index contributed by atoms with van der Waals surface area (Å²) in [6.07, 6.45) is -0.179. The second-order valence-electron chi connectivity index (χ2n) is 9.13. The van der Waals surface area contributed by atoms with E-state index in [2.05, 4.69) is 5.32 Å². The summed E-state index contributed by atoms with van der Waals surface area (Å²) in [6.45, 7) is 0.268. The van der Waals surface area contributed by atoms with Gasteiger partial charge in [-0.2, -0.15) is 0 Å². The van der Waals surface area contributed by atoms with Crippen molar-refractivity contribution in [2.45, 2.75) is 12.3 Å². The number of anilines is 2. The summed E-state index contributed by atoms with van der Waals surface area (Å²) in [6, 6.07) is 18.0. The van der Waals surface area contributed by atoms with Crippen LogP contribution in [-0.2, 0) is 20.8 Å². The van der Waals surface area contributed by atoms with Crippen LogP contribution in [0.4, 0.5) is 21.5 Å². The molecule has 9 heteroatoms. The number of carbonyl (C=O) groups excluding carboxylic acids is 2. The molecule has 8 nitrogen and oxygen atoms in total. The minimum Gasteiger partial charge on any atom is -0.481 e. The molecule has 0 saturated heterocycles. The molecule has 37 heavy (non-hydrogen) atoms. The number of fused-ring (bicyclic) bond motifs is 1. The van der Waals surface area contributed by atoms with Crippen molar-refractivity contribution in [1.29, 1.82) is 0 Å². The van der Waals surface area contributed by atoms with Crippen LogP contribution in [0, 0.1) is 5.82 Å². The number of rotatable bonds is 8. The Kier molecular flexibility index (Phi) is 7.45. The van der Waals surface area contributed by atoms with Crippen LogP contribution in [0.1, 0.15) is 22.6 Å². The van der Waals surface area contributed by atoms with Gasteiger partial charge in [-0.3, -0.25) is 19.4 Å². The van der Waals surface area contributed by atoms with Crippen LogP contribution in [0.25, 0.3) is 0 Å². The molecule has 2 N–H and O–H groups in total. The SMILES string of the molecule is CN(C)CC(=O)N(C)c1ccc(N=C(c2cccc(CC(=O)O)c2)C2C(=O)Nc3cc(F)ccc32)cc1. The third-order valence-electron chi connectivity index (χ3n) is 6.01. The number of carbonyl (C=O) groups is 3. The van der Waals surface area contributed by atoms with E-state index in [1.807, 2.05) is 14.1 Å². The fourth-order valence-electron chi connectivity index (χ4n) is 4.23. The van der Waals surface area contributed by atoms with Gasteiger partial charge in [-0.25, -0.2) is 4.39 Å². The second kappa shape index (κ2) is 10.7. The van der Waals surface area contributed by atoms with Crippen LogP contribution in [-0.4, -0.2) is 61.2 Å². The molecule has 3 aromatic rings. The molecule has 4 rings (SSSR count). The Labute approximate surface area is 214 Å². The predicted molar refractivity (Wildman–Crippen MR) is 140 cm³/mol. The molecule has 0 fully saturated rings. The average molecular weight is 503 g/mol. The average Bonchev–Trinajstić information content (AvgIpc) is 3.16. The molecule has 1 atom stereocenters. The van der Waals surface area contributed by atoms with Gasteiger partial charge in [-0.15, -0.1) is 0 Å². The van der Waals surface area contributed by atoms with E-state index in [0.29, 0.717) is 39.5 Å². The van der Waals surface area contributed by atoms with Crippen LogP contribution in [0.2, 0.25) is 0 Å². The van der Waals surface area contributed by atoms with Crippen molar-refractivity contribution in [2.75, 3.05) is 37.9 Å². The molecule has 0 spiro atoms. The maximum absolute atomic E-state index is 13.8. The first-order chi connectivity index (χ1) is 17.6.